The first-order valence-corrected chi connectivity index (χ1v) is 15.2. The molecule has 3 aromatic carbocycles. The quantitative estimate of drug-likeness (QED) is 0.197. The monoisotopic (exact) mass is 516 g/mol. The lowest BCUT2D eigenvalue weighted by Crippen LogP contribution is -2.21. The number of imidazole rings is 1. The summed E-state index contributed by atoms with van der Waals surface area (Å²) in [5, 5.41) is 3.80. The molecule has 1 aliphatic carbocycles. The molecule has 0 spiro atoms. The van der Waals surface area contributed by atoms with Crippen molar-refractivity contribution in [2.24, 2.45) is 10.8 Å². The lowest BCUT2D eigenvalue weighted by atomic mass is 9.70. The van der Waals surface area contributed by atoms with Crippen molar-refractivity contribution in [2.45, 2.75) is 91.9 Å². The van der Waals surface area contributed by atoms with Crippen LogP contribution in [-0.2, 0) is 6.42 Å². The van der Waals surface area contributed by atoms with E-state index >= 15 is 0 Å². The van der Waals surface area contributed by atoms with Gasteiger partial charge in [0.15, 0.2) is 0 Å². The summed E-state index contributed by atoms with van der Waals surface area (Å²) in [6.45, 7) is 12.1. The van der Waals surface area contributed by atoms with Crippen LogP contribution in [0.4, 0.5) is 0 Å². The van der Waals surface area contributed by atoms with E-state index in [1.807, 2.05) is 0 Å². The molecule has 39 heavy (non-hydrogen) atoms. The van der Waals surface area contributed by atoms with Gasteiger partial charge in [-0.2, -0.15) is 0 Å². The van der Waals surface area contributed by atoms with E-state index in [1.54, 1.807) is 0 Å². The summed E-state index contributed by atoms with van der Waals surface area (Å²) in [5.74, 6) is 0.605. The largest absolute Gasteiger partial charge is 0.292 e. The summed E-state index contributed by atoms with van der Waals surface area (Å²) in [6, 6.07) is 24.8. The molecule has 0 aliphatic heterocycles. The molecule has 0 N–H and O–H groups in total. The zero-order valence-electron chi connectivity index (χ0n) is 24.6. The third kappa shape index (κ3) is 4.88. The van der Waals surface area contributed by atoms with Crippen molar-refractivity contribution in [3.63, 3.8) is 0 Å². The van der Waals surface area contributed by atoms with E-state index in [-0.39, 0.29) is 0 Å². The Bertz CT molecular complexity index is 1620. The standard InChI is InChI=1S/C37H44N2/c1-6-21-36(2,3)24-20-27-12-11-16-28(26-18-22-37(4,5)23-19-26)34(27)33-25-38-35-31-15-8-7-13-29(31)30-14-9-10-17-32(30)39(33)35/h7-17,25-26H,6,18-24H2,1-5H3. The molecule has 1 aliphatic rings. The molecular formula is C37H44N2. The van der Waals surface area contributed by atoms with Gasteiger partial charge in [0.25, 0.3) is 0 Å². The molecule has 1 fully saturated rings. The van der Waals surface area contributed by atoms with E-state index in [1.165, 1.54) is 89.0 Å². The second-order valence-electron chi connectivity index (χ2n) is 13.6. The number of hydrogen-bond acceptors (Lipinski definition) is 1. The lowest BCUT2D eigenvalue weighted by molar-refractivity contribution is 0.224. The Morgan fingerprint density at radius 1 is 0.846 bits per heavy atom. The number of fused-ring (bicyclic) bond motifs is 6. The Morgan fingerprint density at radius 2 is 1.54 bits per heavy atom. The van der Waals surface area contributed by atoms with Gasteiger partial charge in [0.2, 0.25) is 0 Å². The SMILES string of the molecule is CCCC(C)(C)CCc1cccc(C2CCC(C)(C)CC2)c1-c1cnc2c3ccccc3c3ccccc3n12. The Hall–Kier alpha value is -3.13. The van der Waals surface area contributed by atoms with Crippen LogP contribution in [0.15, 0.2) is 72.9 Å². The summed E-state index contributed by atoms with van der Waals surface area (Å²) >= 11 is 0. The van der Waals surface area contributed by atoms with Crippen LogP contribution in [-0.4, -0.2) is 9.38 Å². The molecule has 2 heteroatoms. The van der Waals surface area contributed by atoms with Crippen molar-refractivity contribution in [3.8, 4) is 11.3 Å². The Labute approximate surface area is 234 Å². The van der Waals surface area contributed by atoms with E-state index in [2.05, 4.69) is 112 Å². The highest BCUT2D eigenvalue weighted by Crippen LogP contribution is 2.46. The zero-order chi connectivity index (χ0) is 27.2. The molecule has 0 bridgehead atoms. The average Bonchev–Trinajstić information content (AvgIpc) is 3.37. The lowest BCUT2D eigenvalue weighted by Gasteiger charge is -2.35. The summed E-state index contributed by atoms with van der Waals surface area (Å²) in [7, 11) is 0. The van der Waals surface area contributed by atoms with Gasteiger partial charge >= 0.3 is 0 Å². The highest BCUT2D eigenvalue weighted by molar-refractivity contribution is 6.12. The number of aryl methyl sites for hydroxylation is 1. The van der Waals surface area contributed by atoms with E-state index in [0.29, 0.717) is 16.7 Å². The van der Waals surface area contributed by atoms with E-state index < -0.39 is 0 Å². The van der Waals surface area contributed by atoms with Crippen LogP contribution in [0.3, 0.4) is 0 Å². The number of para-hydroxylation sites is 1. The Morgan fingerprint density at radius 3 is 2.28 bits per heavy atom. The van der Waals surface area contributed by atoms with Crippen molar-refractivity contribution in [2.75, 3.05) is 0 Å². The number of hydrogen-bond donors (Lipinski definition) is 0. The second kappa shape index (κ2) is 10.1. The van der Waals surface area contributed by atoms with Gasteiger partial charge in [-0.3, -0.25) is 4.40 Å². The number of aromatic nitrogens is 2. The average molecular weight is 517 g/mol. The van der Waals surface area contributed by atoms with Gasteiger partial charge < -0.3 is 0 Å². The molecule has 5 aromatic rings. The highest BCUT2D eigenvalue weighted by atomic mass is 15.0. The van der Waals surface area contributed by atoms with Crippen molar-refractivity contribution in [3.05, 3.63) is 84.1 Å². The fraction of sp³-hybridized carbons (Fsp3) is 0.432. The molecule has 0 amide bonds. The van der Waals surface area contributed by atoms with Gasteiger partial charge in [-0.15, -0.1) is 0 Å². The molecular weight excluding hydrogens is 472 g/mol. The molecule has 1 saturated carbocycles. The maximum absolute atomic E-state index is 5.13. The first kappa shape index (κ1) is 26.1. The molecule has 2 aromatic heterocycles. The third-order valence-corrected chi connectivity index (χ3v) is 9.58. The fourth-order valence-corrected chi connectivity index (χ4v) is 7.24. The van der Waals surface area contributed by atoms with Crippen molar-refractivity contribution in [1.82, 2.24) is 9.38 Å². The van der Waals surface area contributed by atoms with Gasteiger partial charge in [0.05, 0.1) is 17.4 Å². The van der Waals surface area contributed by atoms with Gasteiger partial charge in [-0.05, 0) is 84.3 Å². The Balaban J connectivity index is 1.58. The normalized spacial score (nSPS) is 16.4. The topological polar surface area (TPSA) is 17.3 Å². The minimum absolute atomic E-state index is 0.346. The highest BCUT2D eigenvalue weighted by Gasteiger charge is 2.30. The fourth-order valence-electron chi connectivity index (χ4n) is 7.24. The van der Waals surface area contributed by atoms with Gasteiger partial charge in [0.1, 0.15) is 5.65 Å². The first-order valence-electron chi connectivity index (χ1n) is 15.2. The van der Waals surface area contributed by atoms with Crippen LogP contribution in [0.5, 0.6) is 0 Å². The molecule has 202 valence electrons. The van der Waals surface area contributed by atoms with Crippen LogP contribution in [0.2, 0.25) is 0 Å². The summed E-state index contributed by atoms with van der Waals surface area (Å²) in [5.41, 5.74) is 8.84. The third-order valence-electron chi connectivity index (χ3n) is 9.58. The van der Waals surface area contributed by atoms with E-state index in [4.69, 9.17) is 4.98 Å². The van der Waals surface area contributed by atoms with Crippen molar-refractivity contribution >= 4 is 27.3 Å². The number of rotatable bonds is 7. The number of benzene rings is 3. The minimum atomic E-state index is 0.346. The minimum Gasteiger partial charge on any atom is -0.292 e. The molecule has 2 nitrogen and oxygen atoms in total. The van der Waals surface area contributed by atoms with Gasteiger partial charge in [-0.25, -0.2) is 4.98 Å². The first-order chi connectivity index (χ1) is 18.8. The van der Waals surface area contributed by atoms with Gasteiger partial charge in [-0.1, -0.05) is 102 Å². The molecule has 0 saturated heterocycles. The number of pyridine rings is 1. The molecule has 6 rings (SSSR count). The maximum atomic E-state index is 5.13. The molecule has 2 heterocycles. The van der Waals surface area contributed by atoms with Crippen LogP contribution in [0, 0.1) is 10.8 Å². The summed E-state index contributed by atoms with van der Waals surface area (Å²) < 4.78 is 2.46. The van der Waals surface area contributed by atoms with Crippen molar-refractivity contribution in [1.29, 1.82) is 0 Å². The van der Waals surface area contributed by atoms with Crippen LogP contribution in [0.25, 0.3) is 38.6 Å². The smallest absolute Gasteiger partial charge is 0.145 e. The maximum Gasteiger partial charge on any atom is 0.145 e. The van der Waals surface area contributed by atoms with E-state index in [9.17, 15) is 0 Å². The predicted octanol–water partition coefficient (Wildman–Crippen LogP) is 10.8. The summed E-state index contributed by atoms with van der Waals surface area (Å²) in [4.78, 5) is 5.13. The van der Waals surface area contributed by atoms with E-state index in [0.717, 1.165) is 12.1 Å². The number of nitrogens with zero attached hydrogens (tertiary/aromatic N) is 2. The van der Waals surface area contributed by atoms with Gasteiger partial charge in [0, 0.05) is 16.3 Å². The molecule has 0 unspecified atom stereocenters. The predicted molar refractivity (Wildman–Crippen MR) is 168 cm³/mol. The molecule has 0 atom stereocenters. The second-order valence-corrected chi connectivity index (χ2v) is 13.6. The molecule has 0 radical (unpaired) electrons. The Kier molecular flexibility index (Phi) is 6.78. The van der Waals surface area contributed by atoms with Crippen LogP contribution in [0.1, 0.15) is 96.6 Å². The van der Waals surface area contributed by atoms with Crippen LogP contribution < -0.4 is 0 Å². The van der Waals surface area contributed by atoms with Crippen molar-refractivity contribution < 1.29 is 0 Å². The van der Waals surface area contributed by atoms with Crippen LogP contribution >= 0.6 is 0 Å². The zero-order valence-corrected chi connectivity index (χ0v) is 24.6. The summed E-state index contributed by atoms with van der Waals surface area (Å²) in [6.07, 6.45) is 12.1.